The second-order valence-electron chi connectivity index (χ2n) is 7.41. The Hall–Kier alpha value is -3.31. The van der Waals surface area contributed by atoms with E-state index in [0.717, 1.165) is 15.2 Å². The van der Waals surface area contributed by atoms with E-state index < -0.39 is 5.97 Å². The van der Waals surface area contributed by atoms with E-state index in [-0.39, 0.29) is 12.2 Å². The van der Waals surface area contributed by atoms with Crippen LogP contribution in [0.3, 0.4) is 0 Å². The largest absolute Gasteiger partial charge is 0.481 e. The highest BCUT2D eigenvalue weighted by atomic mass is 32.2. The molecule has 0 saturated carbocycles. The van der Waals surface area contributed by atoms with Crippen molar-refractivity contribution >= 4 is 28.5 Å². The summed E-state index contributed by atoms with van der Waals surface area (Å²) in [5, 5.41) is 10.6. The number of fused-ring (bicyclic) bond motifs is 1. The third-order valence-corrected chi connectivity index (χ3v) is 6.07. The lowest BCUT2D eigenvalue weighted by molar-refractivity contribution is -0.136. The fourth-order valence-electron chi connectivity index (χ4n) is 3.41. The molecule has 0 aliphatic heterocycles. The lowest BCUT2D eigenvalue weighted by Crippen LogP contribution is -2.03. The number of carboxylic acids is 1. The first kappa shape index (κ1) is 20.9. The minimum Gasteiger partial charge on any atom is -0.481 e. The molecule has 156 valence electrons. The van der Waals surface area contributed by atoms with Gasteiger partial charge in [-0.3, -0.25) is 4.79 Å². The van der Waals surface area contributed by atoms with Crippen molar-refractivity contribution in [3.63, 3.8) is 0 Å². The van der Waals surface area contributed by atoms with Crippen molar-refractivity contribution < 1.29 is 19.0 Å². The Balaban J connectivity index is 1.65. The predicted octanol–water partition coefficient (Wildman–Crippen LogP) is 7.17. The summed E-state index contributed by atoms with van der Waals surface area (Å²) in [4.78, 5) is 13.5. The molecule has 0 heterocycles. The SMILES string of the molecule is Cc1ccc(Sc2ccc(Oc3c(C)c(CC(=O)O)cc4ccc(F)cc34)cc2)cc1. The Kier molecular flexibility index (Phi) is 5.96. The molecule has 0 unspecified atom stereocenters. The van der Waals surface area contributed by atoms with Gasteiger partial charge in [-0.2, -0.15) is 0 Å². The van der Waals surface area contributed by atoms with E-state index in [1.165, 1.54) is 17.7 Å². The summed E-state index contributed by atoms with van der Waals surface area (Å²) in [5.41, 5.74) is 2.56. The number of ether oxygens (including phenoxy) is 1. The molecule has 5 heteroatoms. The van der Waals surface area contributed by atoms with Crippen LogP contribution < -0.4 is 4.74 Å². The quantitative estimate of drug-likeness (QED) is 0.351. The Labute approximate surface area is 184 Å². The molecule has 1 N–H and O–H groups in total. The highest BCUT2D eigenvalue weighted by Gasteiger charge is 2.15. The summed E-state index contributed by atoms with van der Waals surface area (Å²) < 4.78 is 20.1. The second-order valence-corrected chi connectivity index (χ2v) is 8.56. The molecule has 0 fully saturated rings. The number of carboxylic acid groups (broad SMARTS) is 1. The van der Waals surface area contributed by atoms with Gasteiger partial charge in [-0.05, 0) is 78.9 Å². The normalized spacial score (nSPS) is 10.9. The fourth-order valence-corrected chi connectivity index (χ4v) is 4.23. The zero-order valence-corrected chi connectivity index (χ0v) is 18.0. The van der Waals surface area contributed by atoms with Gasteiger partial charge in [0.2, 0.25) is 0 Å². The van der Waals surface area contributed by atoms with E-state index in [0.29, 0.717) is 28.0 Å². The Bertz CT molecular complexity index is 1250. The predicted molar refractivity (Wildman–Crippen MR) is 122 cm³/mol. The van der Waals surface area contributed by atoms with Crippen LogP contribution in [0, 0.1) is 19.7 Å². The van der Waals surface area contributed by atoms with Crippen molar-refractivity contribution in [3.05, 3.63) is 95.3 Å². The van der Waals surface area contributed by atoms with Crippen LogP contribution in [-0.4, -0.2) is 11.1 Å². The van der Waals surface area contributed by atoms with E-state index in [1.54, 1.807) is 30.8 Å². The first-order chi connectivity index (χ1) is 14.9. The Morgan fingerprint density at radius 2 is 1.58 bits per heavy atom. The van der Waals surface area contributed by atoms with Gasteiger partial charge in [0.1, 0.15) is 17.3 Å². The summed E-state index contributed by atoms with van der Waals surface area (Å²) in [6, 6.07) is 22.2. The molecule has 0 spiro atoms. The van der Waals surface area contributed by atoms with Crippen molar-refractivity contribution in [3.8, 4) is 11.5 Å². The molecule has 0 aromatic heterocycles. The third-order valence-electron chi connectivity index (χ3n) is 5.05. The lowest BCUT2D eigenvalue weighted by Gasteiger charge is -2.16. The second kappa shape index (κ2) is 8.82. The van der Waals surface area contributed by atoms with Crippen LogP contribution in [0.5, 0.6) is 11.5 Å². The minimum absolute atomic E-state index is 0.123. The number of aryl methyl sites for hydroxylation is 1. The summed E-state index contributed by atoms with van der Waals surface area (Å²) >= 11 is 1.66. The van der Waals surface area contributed by atoms with E-state index >= 15 is 0 Å². The van der Waals surface area contributed by atoms with Crippen LogP contribution in [0.15, 0.2) is 82.6 Å². The number of hydrogen-bond donors (Lipinski definition) is 1. The number of hydrogen-bond acceptors (Lipinski definition) is 3. The summed E-state index contributed by atoms with van der Waals surface area (Å²) in [6.45, 7) is 3.86. The lowest BCUT2D eigenvalue weighted by atomic mass is 9.98. The van der Waals surface area contributed by atoms with Crippen molar-refractivity contribution in [2.24, 2.45) is 0 Å². The zero-order valence-electron chi connectivity index (χ0n) is 17.2. The molecule has 4 rings (SSSR count). The Morgan fingerprint density at radius 1 is 0.935 bits per heavy atom. The van der Waals surface area contributed by atoms with Crippen molar-refractivity contribution in [1.29, 1.82) is 0 Å². The van der Waals surface area contributed by atoms with E-state index in [2.05, 4.69) is 31.2 Å². The van der Waals surface area contributed by atoms with Crippen molar-refractivity contribution in [1.82, 2.24) is 0 Å². The number of rotatable bonds is 6. The van der Waals surface area contributed by atoms with Gasteiger partial charge in [0.15, 0.2) is 0 Å². The molecule has 4 aromatic carbocycles. The first-order valence-corrected chi connectivity index (χ1v) is 10.7. The molecule has 3 nitrogen and oxygen atoms in total. The molecule has 0 aliphatic carbocycles. The summed E-state index contributed by atoms with van der Waals surface area (Å²) in [7, 11) is 0. The van der Waals surface area contributed by atoms with Gasteiger partial charge in [0, 0.05) is 15.2 Å². The van der Waals surface area contributed by atoms with Gasteiger partial charge >= 0.3 is 5.97 Å². The number of carbonyl (C=O) groups is 1. The topological polar surface area (TPSA) is 46.5 Å². The highest BCUT2D eigenvalue weighted by Crippen LogP contribution is 2.37. The Morgan fingerprint density at radius 3 is 2.23 bits per heavy atom. The van der Waals surface area contributed by atoms with Crippen LogP contribution in [0.2, 0.25) is 0 Å². The first-order valence-electron chi connectivity index (χ1n) is 9.85. The average molecular weight is 433 g/mol. The molecule has 4 aromatic rings. The summed E-state index contributed by atoms with van der Waals surface area (Å²) in [5.74, 6) is -0.206. The molecule has 0 bridgehead atoms. The molecular formula is C26H21FO3S. The van der Waals surface area contributed by atoms with Gasteiger partial charge in [0.25, 0.3) is 0 Å². The van der Waals surface area contributed by atoms with Crippen molar-refractivity contribution in [2.45, 2.75) is 30.1 Å². The fraction of sp³-hybridized carbons (Fsp3) is 0.115. The van der Waals surface area contributed by atoms with Gasteiger partial charge in [0.05, 0.1) is 6.42 Å². The molecule has 0 radical (unpaired) electrons. The standard InChI is InChI=1S/C26H21FO3S/c1-16-3-9-22(10-4-16)31-23-11-7-21(8-12-23)30-26-17(2)19(14-25(28)29)13-18-5-6-20(27)15-24(18)26/h3-13,15H,14H2,1-2H3,(H,28,29). The van der Waals surface area contributed by atoms with Crippen LogP contribution in [0.4, 0.5) is 4.39 Å². The van der Waals surface area contributed by atoms with E-state index in [9.17, 15) is 14.3 Å². The maximum Gasteiger partial charge on any atom is 0.307 e. The molecule has 0 atom stereocenters. The summed E-state index contributed by atoms with van der Waals surface area (Å²) in [6.07, 6.45) is -0.123. The van der Waals surface area contributed by atoms with Gasteiger partial charge < -0.3 is 9.84 Å². The molecular weight excluding hydrogens is 411 g/mol. The molecule has 0 aliphatic rings. The number of benzene rings is 4. The van der Waals surface area contributed by atoms with Crippen LogP contribution in [-0.2, 0) is 11.2 Å². The highest BCUT2D eigenvalue weighted by molar-refractivity contribution is 7.99. The molecule has 0 saturated heterocycles. The third kappa shape index (κ3) is 4.89. The van der Waals surface area contributed by atoms with Crippen LogP contribution >= 0.6 is 11.8 Å². The van der Waals surface area contributed by atoms with Crippen LogP contribution in [0.25, 0.3) is 10.8 Å². The monoisotopic (exact) mass is 432 g/mol. The maximum atomic E-state index is 13.9. The van der Waals surface area contributed by atoms with Gasteiger partial charge in [-0.15, -0.1) is 0 Å². The minimum atomic E-state index is -0.923. The zero-order chi connectivity index (χ0) is 22.0. The molecule has 31 heavy (non-hydrogen) atoms. The van der Waals surface area contributed by atoms with Crippen LogP contribution in [0.1, 0.15) is 16.7 Å². The van der Waals surface area contributed by atoms with Crippen molar-refractivity contribution in [2.75, 3.05) is 0 Å². The van der Waals surface area contributed by atoms with E-state index in [1.807, 2.05) is 24.3 Å². The molecule has 0 amide bonds. The number of halogens is 1. The average Bonchev–Trinajstić information content (AvgIpc) is 2.74. The number of aliphatic carboxylic acids is 1. The smallest absolute Gasteiger partial charge is 0.307 e. The van der Waals surface area contributed by atoms with Gasteiger partial charge in [-0.1, -0.05) is 41.6 Å². The van der Waals surface area contributed by atoms with E-state index in [4.69, 9.17) is 4.74 Å². The van der Waals surface area contributed by atoms with Gasteiger partial charge in [-0.25, -0.2) is 4.39 Å². The maximum absolute atomic E-state index is 13.9.